The van der Waals surface area contributed by atoms with Crippen molar-refractivity contribution in [2.45, 2.75) is 76.5 Å². The molecule has 168 valence electrons. The largest absolute Gasteiger partial charge is 0.505 e. The highest BCUT2D eigenvalue weighted by molar-refractivity contribution is 5.56. The van der Waals surface area contributed by atoms with E-state index in [0.717, 1.165) is 70.6 Å². The molecule has 0 aromatic heterocycles. The molecule has 1 rings (SSSR count). The maximum absolute atomic E-state index is 10.3. The van der Waals surface area contributed by atoms with E-state index < -0.39 is 12.3 Å². The molecule has 0 saturated carbocycles. The molecule has 1 aromatic carbocycles. The summed E-state index contributed by atoms with van der Waals surface area (Å²) in [5.41, 5.74) is 1.37. The van der Waals surface area contributed by atoms with Gasteiger partial charge in [0.25, 0.3) is 0 Å². The van der Waals surface area contributed by atoms with E-state index in [1.54, 1.807) is 0 Å². The Balaban J connectivity index is 2.22. The fourth-order valence-electron chi connectivity index (χ4n) is 3.41. The van der Waals surface area contributed by atoms with Gasteiger partial charge in [0.15, 0.2) is 0 Å². The molecule has 2 N–H and O–H groups in total. The zero-order valence-electron chi connectivity index (χ0n) is 17.8. The highest BCUT2D eigenvalue weighted by Crippen LogP contribution is 2.26. The van der Waals surface area contributed by atoms with Crippen LogP contribution in [0.1, 0.15) is 82.1 Å². The highest BCUT2D eigenvalue weighted by atomic mass is 16.7. The highest BCUT2D eigenvalue weighted by Gasteiger charge is 2.09. The fraction of sp³-hybridized carbons (Fsp3) is 0.583. The summed E-state index contributed by atoms with van der Waals surface area (Å²) in [6.07, 6.45) is 13.3. The van der Waals surface area contributed by atoms with Gasteiger partial charge in [-0.2, -0.15) is 0 Å². The van der Waals surface area contributed by atoms with Crippen molar-refractivity contribution in [2.24, 2.45) is 0 Å². The van der Waals surface area contributed by atoms with E-state index in [1.807, 2.05) is 6.07 Å². The Hall–Kier alpha value is -2.50. The first-order valence-electron chi connectivity index (χ1n) is 11.0. The number of allylic oxidation sites excluding steroid dienone is 2. The minimum atomic E-state index is -1.20. The summed E-state index contributed by atoms with van der Waals surface area (Å²) >= 11 is 0. The quantitative estimate of drug-likeness (QED) is 0.160. The number of rotatable bonds is 17. The van der Waals surface area contributed by atoms with Crippen molar-refractivity contribution in [3.63, 3.8) is 0 Å². The van der Waals surface area contributed by atoms with Crippen LogP contribution in [-0.4, -0.2) is 35.7 Å². The predicted molar refractivity (Wildman–Crippen MR) is 117 cm³/mol. The second-order valence-corrected chi connectivity index (χ2v) is 7.45. The number of unbranched alkanes of at least 4 members (excludes halogenated alkanes) is 7. The van der Waals surface area contributed by atoms with Crippen molar-refractivity contribution in [3.05, 3.63) is 48.0 Å². The minimum absolute atomic E-state index is 0.284. The first-order valence-corrected chi connectivity index (χ1v) is 11.0. The van der Waals surface area contributed by atoms with Crippen molar-refractivity contribution in [3.8, 4) is 0 Å². The lowest BCUT2D eigenvalue weighted by molar-refractivity contribution is 0.0887. The molecule has 0 saturated heterocycles. The third kappa shape index (κ3) is 14.5. The molecule has 0 aliphatic rings. The second-order valence-electron chi connectivity index (χ2n) is 7.45. The Bertz CT molecular complexity index is 599. The van der Waals surface area contributed by atoms with E-state index in [9.17, 15) is 9.59 Å². The number of hydrogen-bond donors (Lipinski definition) is 2. The van der Waals surface area contributed by atoms with Crippen LogP contribution in [0.15, 0.2) is 42.5 Å². The van der Waals surface area contributed by atoms with E-state index in [-0.39, 0.29) is 13.2 Å². The van der Waals surface area contributed by atoms with Crippen LogP contribution in [0.5, 0.6) is 0 Å². The Labute approximate surface area is 179 Å². The Morgan fingerprint density at radius 1 is 0.767 bits per heavy atom. The normalized spacial score (nSPS) is 12.0. The van der Waals surface area contributed by atoms with Crippen molar-refractivity contribution >= 4 is 12.3 Å². The van der Waals surface area contributed by atoms with E-state index in [4.69, 9.17) is 10.2 Å². The van der Waals surface area contributed by atoms with E-state index in [1.165, 1.54) is 5.56 Å². The molecule has 0 spiro atoms. The Morgan fingerprint density at radius 2 is 1.33 bits per heavy atom. The summed E-state index contributed by atoms with van der Waals surface area (Å²) in [5, 5.41) is 16.9. The van der Waals surface area contributed by atoms with Crippen molar-refractivity contribution in [1.29, 1.82) is 0 Å². The molecule has 0 amide bonds. The molecule has 6 nitrogen and oxygen atoms in total. The zero-order valence-corrected chi connectivity index (χ0v) is 17.8. The molecule has 30 heavy (non-hydrogen) atoms. The van der Waals surface area contributed by atoms with Crippen LogP contribution in [0.4, 0.5) is 9.59 Å². The van der Waals surface area contributed by atoms with Crippen molar-refractivity contribution < 1.29 is 29.3 Å². The fourth-order valence-corrected chi connectivity index (χ4v) is 3.41. The lowest BCUT2D eigenvalue weighted by Crippen LogP contribution is -2.02. The molecule has 0 heterocycles. The number of benzene rings is 1. The van der Waals surface area contributed by atoms with Gasteiger partial charge in [-0.1, -0.05) is 74.6 Å². The molecular formula is C24H36O6. The van der Waals surface area contributed by atoms with Gasteiger partial charge in [-0.25, -0.2) is 9.59 Å². The van der Waals surface area contributed by atoms with Gasteiger partial charge >= 0.3 is 12.3 Å². The van der Waals surface area contributed by atoms with Gasteiger partial charge in [0, 0.05) is 0 Å². The SMILES string of the molecule is O=C(O)OCCCCCCC=CCC(CCCCCCOC(=O)O)c1ccccc1. The molecule has 1 aromatic rings. The number of carboxylic acid groups (broad SMARTS) is 2. The van der Waals surface area contributed by atoms with Crippen LogP contribution >= 0.6 is 0 Å². The summed E-state index contributed by atoms with van der Waals surface area (Å²) in [6, 6.07) is 10.6. The number of hydrogen-bond acceptors (Lipinski definition) is 4. The molecule has 0 fully saturated rings. The third-order valence-corrected chi connectivity index (χ3v) is 5.02. The number of carbonyl (C=O) groups is 2. The number of ether oxygens (including phenoxy) is 2. The van der Waals surface area contributed by atoms with Crippen LogP contribution < -0.4 is 0 Å². The molecule has 1 unspecified atom stereocenters. The van der Waals surface area contributed by atoms with E-state index in [2.05, 4.69) is 45.9 Å². The Kier molecular flexibility index (Phi) is 14.8. The summed E-state index contributed by atoms with van der Waals surface area (Å²) < 4.78 is 9.04. The average Bonchev–Trinajstić information content (AvgIpc) is 2.73. The van der Waals surface area contributed by atoms with E-state index in [0.29, 0.717) is 5.92 Å². The molecule has 6 heteroatoms. The lowest BCUT2D eigenvalue weighted by atomic mass is 9.90. The van der Waals surface area contributed by atoms with Crippen LogP contribution in [0.25, 0.3) is 0 Å². The standard InChI is InChI=1S/C24H36O6/c25-23(26)29-19-13-6-3-1-2-4-9-15-21(22-17-11-8-12-18-22)16-10-5-7-14-20-30-24(27)28/h4,8-9,11-12,17-18,21H,1-3,5-7,10,13-16,19-20H2,(H,25,26)(H,27,28). The first kappa shape index (κ1) is 25.5. The summed E-state index contributed by atoms with van der Waals surface area (Å²) in [6.45, 7) is 0.573. The smallest absolute Gasteiger partial charge is 0.450 e. The molecule has 0 aliphatic carbocycles. The monoisotopic (exact) mass is 420 g/mol. The van der Waals surface area contributed by atoms with Gasteiger partial charge in [0.2, 0.25) is 0 Å². The maximum Gasteiger partial charge on any atom is 0.505 e. The molecular weight excluding hydrogens is 384 g/mol. The van der Waals surface area contributed by atoms with Gasteiger partial charge < -0.3 is 19.7 Å². The van der Waals surface area contributed by atoms with E-state index >= 15 is 0 Å². The predicted octanol–water partition coefficient (Wildman–Crippen LogP) is 7.01. The van der Waals surface area contributed by atoms with Gasteiger partial charge in [0.05, 0.1) is 13.2 Å². The summed E-state index contributed by atoms with van der Waals surface area (Å²) in [4.78, 5) is 20.6. The molecule has 0 radical (unpaired) electrons. The van der Waals surface area contributed by atoms with Crippen LogP contribution in [-0.2, 0) is 9.47 Å². The minimum Gasteiger partial charge on any atom is -0.450 e. The molecule has 1 atom stereocenters. The third-order valence-electron chi connectivity index (χ3n) is 5.02. The van der Waals surface area contributed by atoms with Crippen LogP contribution in [0.2, 0.25) is 0 Å². The van der Waals surface area contributed by atoms with Crippen LogP contribution in [0.3, 0.4) is 0 Å². The summed E-state index contributed by atoms with van der Waals surface area (Å²) in [5.74, 6) is 0.505. The average molecular weight is 421 g/mol. The second kappa shape index (κ2) is 17.4. The van der Waals surface area contributed by atoms with Gasteiger partial charge in [0.1, 0.15) is 0 Å². The van der Waals surface area contributed by atoms with Crippen molar-refractivity contribution in [1.82, 2.24) is 0 Å². The van der Waals surface area contributed by atoms with Crippen molar-refractivity contribution in [2.75, 3.05) is 13.2 Å². The lowest BCUT2D eigenvalue weighted by Gasteiger charge is -2.15. The summed E-state index contributed by atoms with van der Waals surface area (Å²) in [7, 11) is 0. The molecule has 0 aliphatic heterocycles. The maximum atomic E-state index is 10.3. The molecule has 0 bridgehead atoms. The van der Waals surface area contributed by atoms with Gasteiger partial charge in [-0.3, -0.25) is 0 Å². The zero-order chi connectivity index (χ0) is 21.9. The topological polar surface area (TPSA) is 93.1 Å². The Morgan fingerprint density at radius 3 is 1.93 bits per heavy atom. The first-order chi connectivity index (χ1) is 14.6. The van der Waals surface area contributed by atoms with Crippen LogP contribution in [0, 0.1) is 0 Å². The van der Waals surface area contributed by atoms with Gasteiger partial charge in [-0.05, 0) is 50.0 Å². The van der Waals surface area contributed by atoms with Gasteiger partial charge in [-0.15, -0.1) is 0 Å².